The van der Waals surface area contributed by atoms with Crippen molar-refractivity contribution in [2.75, 3.05) is 11.4 Å². The van der Waals surface area contributed by atoms with E-state index in [9.17, 15) is 9.59 Å². The van der Waals surface area contributed by atoms with Gasteiger partial charge in [-0.25, -0.2) is 15.4 Å². The monoisotopic (exact) mass is 433 g/mol. The number of aromatic nitrogens is 2. The van der Waals surface area contributed by atoms with E-state index in [-0.39, 0.29) is 17.5 Å². The number of nitrogens with one attached hydrogen (secondary N) is 2. The van der Waals surface area contributed by atoms with Gasteiger partial charge in [-0.1, -0.05) is 49.2 Å². The second-order valence-corrected chi connectivity index (χ2v) is 7.22. The number of benzene rings is 2. The Hall–Kier alpha value is -3.78. The largest absolute Gasteiger partial charge is 0.351 e. The summed E-state index contributed by atoms with van der Waals surface area (Å²) in [5, 5.41) is 11.3. The zero-order valence-corrected chi connectivity index (χ0v) is 17.8. The van der Waals surface area contributed by atoms with Gasteiger partial charge in [-0.3, -0.25) is 19.7 Å². The molecule has 0 atom stereocenters. The van der Waals surface area contributed by atoms with Crippen molar-refractivity contribution >= 4 is 29.0 Å². The highest BCUT2D eigenvalue weighted by atomic mass is 16.5. The van der Waals surface area contributed by atoms with E-state index < -0.39 is 0 Å². The summed E-state index contributed by atoms with van der Waals surface area (Å²) in [5.41, 5.74) is 3.77. The van der Waals surface area contributed by atoms with Crippen LogP contribution >= 0.6 is 0 Å². The van der Waals surface area contributed by atoms with Crippen LogP contribution in [0.25, 0.3) is 0 Å². The van der Waals surface area contributed by atoms with Crippen LogP contribution < -0.4 is 15.7 Å². The average Bonchev–Trinajstić information content (AvgIpc) is 2.85. The maximum atomic E-state index is 12.4. The maximum Gasteiger partial charge on any atom is 0.271 e. The molecule has 3 aromatic rings. The summed E-state index contributed by atoms with van der Waals surface area (Å²) in [6, 6.07) is 19.7. The molecule has 0 aliphatic heterocycles. The number of carbonyl (C=O) groups is 2. The number of hydrogen-bond acceptors (Lipinski definition) is 6. The summed E-state index contributed by atoms with van der Waals surface area (Å²) in [6.07, 6.45) is 6.62. The van der Waals surface area contributed by atoms with Gasteiger partial charge in [0.2, 0.25) is 5.91 Å². The van der Waals surface area contributed by atoms with Crippen LogP contribution in [-0.2, 0) is 4.79 Å². The van der Waals surface area contributed by atoms with Gasteiger partial charge in [0.05, 0.1) is 12.4 Å². The molecule has 0 unspecified atom stereocenters. The number of hydroxylamine groups is 1. The van der Waals surface area contributed by atoms with Crippen molar-refractivity contribution in [3.8, 4) is 0 Å². The smallest absolute Gasteiger partial charge is 0.271 e. The second kappa shape index (κ2) is 12.2. The third-order valence-corrected chi connectivity index (χ3v) is 4.87. The van der Waals surface area contributed by atoms with Crippen LogP contribution in [0.15, 0.2) is 73.1 Å². The van der Waals surface area contributed by atoms with Crippen LogP contribution in [0.3, 0.4) is 0 Å². The van der Waals surface area contributed by atoms with Crippen LogP contribution in [-0.4, -0.2) is 33.5 Å². The Kier molecular flexibility index (Phi) is 8.70. The molecule has 0 bridgehead atoms. The highest BCUT2D eigenvalue weighted by Crippen LogP contribution is 2.32. The van der Waals surface area contributed by atoms with E-state index in [1.807, 2.05) is 65.6 Å². The molecule has 0 saturated carbocycles. The van der Waals surface area contributed by atoms with Gasteiger partial charge >= 0.3 is 0 Å². The lowest BCUT2D eigenvalue weighted by atomic mass is 10.1. The van der Waals surface area contributed by atoms with Crippen LogP contribution in [0.4, 0.5) is 17.2 Å². The summed E-state index contributed by atoms with van der Waals surface area (Å²) < 4.78 is 0. The van der Waals surface area contributed by atoms with Gasteiger partial charge in [-0.2, -0.15) is 0 Å². The molecule has 3 rings (SSSR count). The predicted molar refractivity (Wildman–Crippen MR) is 122 cm³/mol. The van der Waals surface area contributed by atoms with E-state index >= 15 is 0 Å². The first-order valence-corrected chi connectivity index (χ1v) is 10.6. The van der Waals surface area contributed by atoms with Gasteiger partial charge < -0.3 is 5.32 Å². The highest BCUT2D eigenvalue weighted by Gasteiger charge is 2.15. The number of anilines is 3. The van der Waals surface area contributed by atoms with E-state index in [1.165, 1.54) is 6.20 Å². The molecule has 0 aliphatic rings. The van der Waals surface area contributed by atoms with Crippen molar-refractivity contribution in [1.82, 2.24) is 20.8 Å². The van der Waals surface area contributed by atoms with Crippen molar-refractivity contribution in [3.63, 3.8) is 0 Å². The molecule has 0 spiro atoms. The lowest BCUT2D eigenvalue weighted by Gasteiger charge is -2.23. The van der Waals surface area contributed by atoms with Crippen molar-refractivity contribution in [2.24, 2.45) is 0 Å². The molecule has 1 heterocycles. The Morgan fingerprint density at radius 1 is 0.812 bits per heavy atom. The molecule has 32 heavy (non-hydrogen) atoms. The van der Waals surface area contributed by atoms with Crippen LogP contribution in [0.2, 0.25) is 0 Å². The van der Waals surface area contributed by atoms with Gasteiger partial charge in [-0.05, 0) is 37.1 Å². The standard InChI is InChI=1S/C24H27N5O3/c30-23(28-32)15-9-1-2-10-16-25-24(31)21-17-27-22(18-26-21)29(19-11-5-3-6-12-19)20-13-7-4-8-14-20/h3-8,11-14,17-18,32H,1-2,9-10,15-16H2,(H,25,31)(H,28,30). The van der Waals surface area contributed by atoms with Crippen molar-refractivity contribution in [1.29, 1.82) is 0 Å². The number of hydrogen-bond donors (Lipinski definition) is 3. The van der Waals surface area contributed by atoms with Crippen molar-refractivity contribution in [3.05, 3.63) is 78.8 Å². The highest BCUT2D eigenvalue weighted by molar-refractivity contribution is 5.92. The molecule has 0 radical (unpaired) electrons. The molecule has 2 aromatic carbocycles. The lowest BCUT2D eigenvalue weighted by Crippen LogP contribution is -2.25. The van der Waals surface area contributed by atoms with Gasteiger partial charge in [-0.15, -0.1) is 0 Å². The van der Waals surface area contributed by atoms with E-state index in [2.05, 4.69) is 15.3 Å². The average molecular weight is 434 g/mol. The molecule has 0 saturated heterocycles. The molecular weight excluding hydrogens is 406 g/mol. The topological polar surface area (TPSA) is 107 Å². The fraction of sp³-hybridized carbons (Fsp3) is 0.250. The summed E-state index contributed by atoms with van der Waals surface area (Å²) >= 11 is 0. The fourth-order valence-electron chi connectivity index (χ4n) is 3.23. The van der Waals surface area contributed by atoms with Gasteiger partial charge in [0.1, 0.15) is 5.69 Å². The third kappa shape index (κ3) is 6.61. The zero-order valence-electron chi connectivity index (χ0n) is 17.8. The van der Waals surface area contributed by atoms with Gasteiger partial charge in [0, 0.05) is 24.3 Å². The minimum atomic E-state index is -0.376. The normalized spacial score (nSPS) is 10.4. The van der Waals surface area contributed by atoms with Crippen LogP contribution in [0.1, 0.15) is 42.6 Å². The summed E-state index contributed by atoms with van der Waals surface area (Å²) in [7, 11) is 0. The summed E-state index contributed by atoms with van der Waals surface area (Å²) in [6.45, 7) is 0.522. The minimum absolute atomic E-state index is 0.259. The molecular formula is C24H27N5O3. The van der Waals surface area contributed by atoms with Crippen molar-refractivity contribution < 1.29 is 14.8 Å². The van der Waals surface area contributed by atoms with E-state index in [0.29, 0.717) is 25.2 Å². The van der Waals surface area contributed by atoms with Crippen LogP contribution in [0.5, 0.6) is 0 Å². The molecule has 8 nitrogen and oxygen atoms in total. The Balaban J connectivity index is 1.56. The first-order valence-electron chi connectivity index (χ1n) is 10.6. The molecule has 2 amide bonds. The number of amides is 2. The molecule has 3 N–H and O–H groups in total. The molecule has 1 aromatic heterocycles. The number of para-hydroxylation sites is 2. The summed E-state index contributed by atoms with van der Waals surface area (Å²) in [5.74, 6) is -0.0287. The fourth-order valence-corrected chi connectivity index (χ4v) is 3.23. The van der Waals surface area contributed by atoms with Gasteiger partial charge in [0.15, 0.2) is 5.82 Å². The zero-order chi connectivity index (χ0) is 22.6. The van der Waals surface area contributed by atoms with E-state index in [0.717, 1.165) is 30.6 Å². The first-order chi connectivity index (χ1) is 15.7. The second-order valence-electron chi connectivity index (χ2n) is 7.22. The molecule has 166 valence electrons. The molecule has 0 aliphatic carbocycles. The molecule has 8 heteroatoms. The first kappa shape index (κ1) is 22.9. The number of carbonyl (C=O) groups excluding carboxylic acids is 2. The van der Waals surface area contributed by atoms with E-state index in [1.54, 1.807) is 11.7 Å². The van der Waals surface area contributed by atoms with Crippen molar-refractivity contribution in [2.45, 2.75) is 32.1 Å². The predicted octanol–water partition coefficient (Wildman–Crippen LogP) is 4.13. The Bertz CT molecular complexity index is 942. The van der Waals surface area contributed by atoms with Crippen LogP contribution in [0, 0.1) is 0 Å². The number of unbranched alkanes of at least 4 members (excludes halogenated alkanes) is 3. The minimum Gasteiger partial charge on any atom is -0.351 e. The lowest BCUT2D eigenvalue weighted by molar-refractivity contribution is -0.129. The SMILES string of the molecule is O=C(CCCCCCNC(=O)c1cnc(N(c2ccccc2)c2ccccc2)cn1)NO. The quantitative estimate of drug-likeness (QED) is 0.238. The third-order valence-electron chi connectivity index (χ3n) is 4.87. The molecule has 0 fully saturated rings. The maximum absolute atomic E-state index is 12.4. The number of nitrogens with zero attached hydrogens (tertiary/aromatic N) is 3. The Labute approximate surface area is 187 Å². The summed E-state index contributed by atoms with van der Waals surface area (Å²) in [4.78, 5) is 34.1. The Morgan fingerprint density at radius 3 is 2.00 bits per heavy atom. The number of rotatable bonds is 11. The van der Waals surface area contributed by atoms with Gasteiger partial charge in [0.25, 0.3) is 5.91 Å². The Morgan fingerprint density at radius 2 is 1.44 bits per heavy atom. The van der Waals surface area contributed by atoms with E-state index in [4.69, 9.17) is 5.21 Å².